The Kier molecular flexibility index (Phi) is 3.65. The van der Waals surface area contributed by atoms with Crippen molar-refractivity contribution in [3.63, 3.8) is 0 Å². The summed E-state index contributed by atoms with van der Waals surface area (Å²) in [5.74, 6) is 0. The zero-order chi connectivity index (χ0) is 10.7. The number of halogens is 1. The molecule has 1 aromatic rings. The highest BCUT2D eigenvalue weighted by atomic mass is 35.5. The lowest BCUT2D eigenvalue weighted by molar-refractivity contribution is -0.388. The summed E-state index contributed by atoms with van der Waals surface area (Å²) in [6, 6.07) is 0. The van der Waals surface area contributed by atoms with Crippen LogP contribution in [0.1, 0.15) is 13.8 Å². The van der Waals surface area contributed by atoms with Gasteiger partial charge in [-0.2, -0.15) is 0 Å². The molecule has 0 fully saturated rings. The second kappa shape index (κ2) is 4.56. The normalized spacial score (nSPS) is 10.6. The van der Waals surface area contributed by atoms with Gasteiger partial charge in [-0.15, -0.1) is 0 Å². The Bertz CT molecular complexity index is 359. The van der Waals surface area contributed by atoms with E-state index in [1.165, 1.54) is 11.8 Å². The molecule has 7 heteroatoms. The fraction of sp³-hybridized carbons (Fsp3) is 0.429. The zero-order valence-electron chi connectivity index (χ0n) is 7.60. The summed E-state index contributed by atoms with van der Waals surface area (Å²) in [5, 5.41) is 11.1. The molecule has 0 amide bonds. The first kappa shape index (κ1) is 11.2. The van der Waals surface area contributed by atoms with Gasteiger partial charge in [0.2, 0.25) is 5.28 Å². The smallest absolute Gasteiger partial charge is 0.258 e. The molecule has 0 bridgehead atoms. The van der Waals surface area contributed by atoms with Crippen molar-refractivity contribution in [2.75, 3.05) is 0 Å². The Morgan fingerprint density at radius 2 is 2.29 bits per heavy atom. The number of nitro groups is 1. The first-order valence-electron chi connectivity index (χ1n) is 3.84. The fourth-order valence-electron chi connectivity index (χ4n) is 0.775. The van der Waals surface area contributed by atoms with Crippen LogP contribution in [0.15, 0.2) is 11.2 Å². The number of hydrogen-bond acceptors (Lipinski definition) is 5. The maximum absolute atomic E-state index is 10.6. The van der Waals surface area contributed by atoms with Crippen molar-refractivity contribution in [2.45, 2.75) is 24.1 Å². The molecule has 0 aliphatic rings. The summed E-state index contributed by atoms with van der Waals surface area (Å²) in [5.41, 5.74) is -0.104. The second-order valence-electron chi connectivity index (χ2n) is 2.75. The van der Waals surface area contributed by atoms with Gasteiger partial charge in [0.05, 0.1) is 4.92 Å². The average Bonchev–Trinajstić information content (AvgIpc) is 2.01. The summed E-state index contributed by atoms with van der Waals surface area (Å²) in [6.07, 6.45) is 1.13. The molecule has 5 nitrogen and oxygen atoms in total. The minimum absolute atomic E-state index is 0.0266. The van der Waals surface area contributed by atoms with Crippen LogP contribution >= 0.6 is 23.4 Å². The van der Waals surface area contributed by atoms with Gasteiger partial charge < -0.3 is 0 Å². The standard InChI is InChI=1S/C7H8ClN3O2S/c1-4(2)14-6-5(11(12)13)3-9-7(8)10-6/h3-4H,1-2H3. The quantitative estimate of drug-likeness (QED) is 0.264. The molecule has 0 radical (unpaired) electrons. The van der Waals surface area contributed by atoms with Crippen LogP contribution in [0.2, 0.25) is 5.28 Å². The minimum atomic E-state index is -0.513. The van der Waals surface area contributed by atoms with E-state index in [0.29, 0.717) is 5.03 Å². The summed E-state index contributed by atoms with van der Waals surface area (Å²) >= 11 is 6.84. The summed E-state index contributed by atoms with van der Waals surface area (Å²) in [4.78, 5) is 17.4. The number of hydrogen-bond donors (Lipinski definition) is 0. The van der Waals surface area contributed by atoms with Crippen LogP contribution in [-0.4, -0.2) is 20.1 Å². The van der Waals surface area contributed by atoms with Crippen LogP contribution in [0.3, 0.4) is 0 Å². The molecular weight excluding hydrogens is 226 g/mol. The molecule has 0 N–H and O–H groups in total. The van der Waals surface area contributed by atoms with Crippen molar-refractivity contribution in [2.24, 2.45) is 0 Å². The molecule has 0 aliphatic heterocycles. The molecule has 0 aromatic carbocycles. The molecule has 76 valence electrons. The SMILES string of the molecule is CC(C)Sc1nc(Cl)ncc1[N+](=O)[O-]. The number of nitrogens with zero attached hydrogens (tertiary/aromatic N) is 3. The Labute approximate surface area is 90.0 Å². The van der Waals surface area contributed by atoms with Gasteiger partial charge in [-0.25, -0.2) is 9.97 Å². The van der Waals surface area contributed by atoms with Crippen molar-refractivity contribution in [3.05, 3.63) is 21.6 Å². The topological polar surface area (TPSA) is 68.9 Å². The van der Waals surface area contributed by atoms with Crippen molar-refractivity contribution >= 4 is 29.1 Å². The van der Waals surface area contributed by atoms with E-state index >= 15 is 0 Å². The maximum Gasteiger partial charge on any atom is 0.319 e. The van der Waals surface area contributed by atoms with Gasteiger partial charge in [0.25, 0.3) is 0 Å². The van der Waals surface area contributed by atoms with E-state index in [4.69, 9.17) is 11.6 Å². The van der Waals surface area contributed by atoms with Gasteiger partial charge in [-0.3, -0.25) is 10.1 Å². The number of thioether (sulfide) groups is 1. The Morgan fingerprint density at radius 1 is 1.64 bits per heavy atom. The van der Waals surface area contributed by atoms with Gasteiger partial charge >= 0.3 is 5.69 Å². The van der Waals surface area contributed by atoms with Gasteiger partial charge in [0.15, 0.2) is 5.03 Å². The van der Waals surface area contributed by atoms with Crippen LogP contribution in [0.25, 0.3) is 0 Å². The summed E-state index contributed by atoms with van der Waals surface area (Å²) in [6.45, 7) is 3.84. The number of aromatic nitrogens is 2. The maximum atomic E-state index is 10.6. The van der Waals surface area contributed by atoms with Crippen molar-refractivity contribution < 1.29 is 4.92 Å². The molecule has 0 saturated carbocycles. The van der Waals surface area contributed by atoms with E-state index in [0.717, 1.165) is 6.20 Å². The predicted octanol–water partition coefficient (Wildman–Crippen LogP) is 2.54. The Hall–Kier alpha value is -0.880. The fourth-order valence-corrected chi connectivity index (χ4v) is 1.79. The lowest BCUT2D eigenvalue weighted by atomic mass is 10.5. The predicted molar refractivity (Wildman–Crippen MR) is 54.7 cm³/mol. The third kappa shape index (κ3) is 2.81. The van der Waals surface area contributed by atoms with Crippen LogP contribution in [-0.2, 0) is 0 Å². The van der Waals surface area contributed by atoms with Crippen LogP contribution in [0, 0.1) is 10.1 Å². The van der Waals surface area contributed by atoms with Gasteiger partial charge in [-0.1, -0.05) is 25.6 Å². The Morgan fingerprint density at radius 3 is 2.79 bits per heavy atom. The molecule has 1 heterocycles. The number of rotatable bonds is 3. The zero-order valence-corrected chi connectivity index (χ0v) is 9.17. The highest BCUT2D eigenvalue weighted by Crippen LogP contribution is 2.29. The van der Waals surface area contributed by atoms with E-state index in [1.807, 2.05) is 13.8 Å². The van der Waals surface area contributed by atoms with Crippen LogP contribution < -0.4 is 0 Å². The van der Waals surface area contributed by atoms with E-state index in [2.05, 4.69) is 9.97 Å². The van der Waals surface area contributed by atoms with Gasteiger partial charge in [-0.05, 0) is 11.6 Å². The largest absolute Gasteiger partial charge is 0.319 e. The molecule has 1 aromatic heterocycles. The molecule has 0 spiro atoms. The lowest BCUT2D eigenvalue weighted by Gasteiger charge is -2.03. The van der Waals surface area contributed by atoms with Crippen LogP contribution in [0.5, 0.6) is 0 Å². The highest BCUT2D eigenvalue weighted by molar-refractivity contribution is 7.99. The second-order valence-corrected chi connectivity index (χ2v) is 4.66. The van der Waals surface area contributed by atoms with E-state index in [-0.39, 0.29) is 16.2 Å². The molecule has 1 rings (SSSR count). The molecule has 0 atom stereocenters. The molecule has 0 unspecified atom stereocenters. The molecule has 0 saturated heterocycles. The van der Waals surface area contributed by atoms with Gasteiger partial charge in [0.1, 0.15) is 6.20 Å². The van der Waals surface area contributed by atoms with Crippen LogP contribution in [0.4, 0.5) is 5.69 Å². The molecule has 14 heavy (non-hydrogen) atoms. The monoisotopic (exact) mass is 233 g/mol. The molecule has 0 aliphatic carbocycles. The lowest BCUT2D eigenvalue weighted by Crippen LogP contribution is -1.98. The first-order valence-corrected chi connectivity index (χ1v) is 5.10. The summed E-state index contributed by atoms with van der Waals surface area (Å²) in [7, 11) is 0. The minimum Gasteiger partial charge on any atom is -0.258 e. The first-order chi connectivity index (χ1) is 6.50. The third-order valence-corrected chi connectivity index (χ3v) is 2.43. The van der Waals surface area contributed by atoms with E-state index < -0.39 is 4.92 Å². The van der Waals surface area contributed by atoms with E-state index in [1.54, 1.807) is 0 Å². The van der Waals surface area contributed by atoms with E-state index in [9.17, 15) is 10.1 Å². The highest BCUT2D eigenvalue weighted by Gasteiger charge is 2.18. The summed E-state index contributed by atoms with van der Waals surface area (Å²) < 4.78 is 0. The van der Waals surface area contributed by atoms with Gasteiger partial charge in [0, 0.05) is 5.25 Å². The Balaban J connectivity index is 3.09. The van der Waals surface area contributed by atoms with Crippen molar-refractivity contribution in [1.82, 2.24) is 9.97 Å². The third-order valence-electron chi connectivity index (χ3n) is 1.25. The van der Waals surface area contributed by atoms with Crippen molar-refractivity contribution in [3.8, 4) is 0 Å². The van der Waals surface area contributed by atoms with Crippen molar-refractivity contribution in [1.29, 1.82) is 0 Å². The average molecular weight is 234 g/mol. The molecular formula is C7H8ClN3O2S.